The van der Waals surface area contributed by atoms with Crippen LogP contribution in [-0.2, 0) is 0 Å². The fraction of sp³-hybridized carbons (Fsp3) is 0. The largest absolute Gasteiger partial charge is 0.478 e. The molecule has 0 unspecified atom stereocenters. The van der Waals surface area contributed by atoms with Crippen molar-refractivity contribution in [3.63, 3.8) is 0 Å². The van der Waals surface area contributed by atoms with Gasteiger partial charge in [-0.05, 0) is 23.1 Å². The van der Waals surface area contributed by atoms with Gasteiger partial charge < -0.3 is 15.2 Å². The van der Waals surface area contributed by atoms with Crippen LogP contribution in [-0.4, -0.2) is 25.8 Å². The van der Waals surface area contributed by atoms with E-state index in [9.17, 15) is 14.9 Å². The van der Waals surface area contributed by atoms with E-state index in [1.165, 1.54) is 29.1 Å². The molecule has 0 fully saturated rings. The molecule has 1 heterocycles. The summed E-state index contributed by atoms with van der Waals surface area (Å²) < 4.78 is 1.25. The van der Waals surface area contributed by atoms with E-state index in [0.29, 0.717) is 5.69 Å². The molecular weight excluding hydrogens is 226 g/mol. The molecule has 0 saturated carbocycles. The molecule has 1 N–H and O–H groups in total. The second-order valence-electron chi connectivity index (χ2n) is 3.23. The van der Waals surface area contributed by atoms with E-state index < -0.39 is 10.9 Å². The Hall–Kier alpha value is -2.70. The third kappa shape index (κ3) is 2.12. The second kappa shape index (κ2) is 4.05. The van der Waals surface area contributed by atoms with E-state index in [-0.39, 0.29) is 11.4 Å². The highest BCUT2D eigenvalue weighted by atomic mass is 16.6. The Labute approximate surface area is 95.1 Å². The quantitative estimate of drug-likeness (QED) is 0.639. The van der Waals surface area contributed by atoms with Crippen LogP contribution in [0.25, 0.3) is 5.69 Å². The maximum absolute atomic E-state index is 10.8. The number of aromatic nitrogens is 2. The van der Waals surface area contributed by atoms with Crippen molar-refractivity contribution in [3.8, 4) is 5.69 Å². The van der Waals surface area contributed by atoms with Crippen molar-refractivity contribution in [1.82, 2.24) is 9.78 Å². The number of carbonyl (C=O) groups is 1. The van der Waals surface area contributed by atoms with E-state index in [0.717, 1.165) is 0 Å². The Bertz CT molecular complexity index is 591. The van der Waals surface area contributed by atoms with Gasteiger partial charge in [-0.2, -0.15) is 0 Å². The summed E-state index contributed by atoms with van der Waals surface area (Å²) in [5.41, 5.74) is 0.554. The molecule has 0 aliphatic rings. The van der Waals surface area contributed by atoms with Gasteiger partial charge in [-0.3, -0.25) is 0 Å². The lowest BCUT2D eigenvalue weighted by atomic mass is 10.2. The summed E-state index contributed by atoms with van der Waals surface area (Å²) in [6.45, 7) is 0. The summed E-state index contributed by atoms with van der Waals surface area (Å²) in [6, 6.07) is 7.23. The van der Waals surface area contributed by atoms with Gasteiger partial charge in [0, 0.05) is 0 Å². The summed E-state index contributed by atoms with van der Waals surface area (Å²) in [6.07, 6.45) is 1.40. The van der Waals surface area contributed by atoms with E-state index in [2.05, 4.69) is 5.10 Å². The predicted molar refractivity (Wildman–Crippen MR) is 57.2 cm³/mol. The van der Waals surface area contributed by atoms with Crippen LogP contribution in [0.3, 0.4) is 0 Å². The molecule has 0 bridgehead atoms. The molecule has 0 radical (unpaired) electrons. The van der Waals surface area contributed by atoms with Crippen LogP contribution in [0.5, 0.6) is 0 Å². The monoisotopic (exact) mass is 233 g/mol. The van der Waals surface area contributed by atoms with E-state index in [1.54, 1.807) is 12.1 Å². The first-order valence-electron chi connectivity index (χ1n) is 4.62. The van der Waals surface area contributed by atoms with Gasteiger partial charge in [0.1, 0.15) is 0 Å². The molecule has 1 aromatic heterocycles. The number of nitrogens with zero attached hydrogens (tertiary/aromatic N) is 3. The van der Waals surface area contributed by atoms with Crippen molar-refractivity contribution in [2.45, 2.75) is 0 Å². The van der Waals surface area contributed by atoms with Gasteiger partial charge >= 0.3 is 11.8 Å². The van der Waals surface area contributed by atoms with Gasteiger partial charge in [0.05, 0.1) is 28.6 Å². The number of nitro groups is 1. The molecule has 0 aliphatic carbocycles. The number of carboxylic acid groups (broad SMARTS) is 1. The van der Waals surface area contributed by atoms with Gasteiger partial charge in [-0.25, -0.2) is 4.79 Å². The topological polar surface area (TPSA) is 98.3 Å². The van der Waals surface area contributed by atoms with Crippen molar-refractivity contribution < 1.29 is 14.8 Å². The molecule has 7 nitrogen and oxygen atoms in total. The Kier molecular flexibility index (Phi) is 2.57. The van der Waals surface area contributed by atoms with Gasteiger partial charge in [0.2, 0.25) is 0 Å². The standard InChI is InChI=1S/C10H7N3O4/c14-10(15)7-2-1-3-8(6-7)12-5-4-9(11-12)13(16)17/h1-6H,(H,14,15). The minimum atomic E-state index is -1.06. The summed E-state index contributed by atoms with van der Waals surface area (Å²) in [5.74, 6) is -1.35. The Morgan fingerprint density at radius 2 is 2.18 bits per heavy atom. The third-order valence-electron chi connectivity index (χ3n) is 2.12. The highest BCUT2D eigenvalue weighted by molar-refractivity contribution is 5.88. The molecule has 0 aliphatic heterocycles. The first-order chi connectivity index (χ1) is 8.08. The van der Waals surface area contributed by atoms with E-state index >= 15 is 0 Å². The van der Waals surface area contributed by atoms with E-state index in [4.69, 9.17) is 5.11 Å². The lowest BCUT2D eigenvalue weighted by molar-refractivity contribution is -0.389. The van der Waals surface area contributed by atoms with Gasteiger partial charge in [-0.15, -0.1) is 4.68 Å². The normalized spacial score (nSPS) is 10.1. The number of carboxylic acids is 1. The summed E-state index contributed by atoms with van der Waals surface area (Å²) in [7, 11) is 0. The van der Waals surface area contributed by atoms with Crippen LogP contribution < -0.4 is 0 Å². The Morgan fingerprint density at radius 1 is 1.41 bits per heavy atom. The molecule has 0 saturated heterocycles. The lowest BCUT2D eigenvalue weighted by Crippen LogP contribution is -2.00. The molecule has 86 valence electrons. The van der Waals surface area contributed by atoms with Crippen molar-refractivity contribution in [2.75, 3.05) is 0 Å². The number of hydrogen-bond donors (Lipinski definition) is 1. The number of hydrogen-bond acceptors (Lipinski definition) is 4. The summed E-state index contributed by atoms with van der Waals surface area (Å²) in [4.78, 5) is 20.6. The second-order valence-corrected chi connectivity index (χ2v) is 3.23. The first kappa shape index (κ1) is 10.8. The maximum atomic E-state index is 10.8. The molecule has 2 aromatic rings. The fourth-order valence-corrected chi connectivity index (χ4v) is 1.34. The zero-order valence-corrected chi connectivity index (χ0v) is 8.48. The zero-order valence-electron chi connectivity index (χ0n) is 8.48. The number of benzene rings is 1. The Balaban J connectivity index is 2.42. The van der Waals surface area contributed by atoms with Crippen LogP contribution >= 0.6 is 0 Å². The average molecular weight is 233 g/mol. The van der Waals surface area contributed by atoms with Crippen LogP contribution in [0.2, 0.25) is 0 Å². The van der Waals surface area contributed by atoms with Crippen LogP contribution in [0.1, 0.15) is 10.4 Å². The summed E-state index contributed by atoms with van der Waals surface area (Å²) in [5, 5.41) is 23.0. The summed E-state index contributed by atoms with van der Waals surface area (Å²) >= 11 is 0. The number of rotatable bonds is 3. The third-order valence-corrected chi connectivity index (χ3v) is 2.12. The molecule has 7 heteroatoms. The highest BCUT2D eigenvalue weighted by Gasteiger charge is 2.13. The smallest absolute Gasteiger partial charge is 0.390 e. The van der Waals surface area contributed by atoms with Crippen molar-refractivity contribution in [3.05, 3.63) is 52.2 Å². The lowest BCUT2D eigenvalue weighted by Gasteiger charge is -1.98. The zero-order chi connectivity index (χ0) is 12.4. The molecule has 1 aromatic carbocycles. The molecule has 0 atom stereocenters. The average Bonchev–Trinajstić information content (AvgIpc) is 2.78. The molecule has 0 amide bonds. The minimum Gasteiger partial charge on any atom is -0.478 e. The van der Waals surface area contributed by atoms with Crippen LogP contribution in [0.4, 0.5) is 5.82 Å². The van der Waals surface area contributed by atoms with Gasteiger partial charge in [-0.1, -0.05) is 6.07 Å². The Morgan fingerprint density at radius 3 is 2.76 bits per heavy atom. The molecule has 2 rings (SSSR count). The predicted octanol–water partition coefficient (Wildman–Crippen LogP) is 1.48. The molecule has 0 spiro atoms. The first-order valence-corrected chi connectivity index (χ1v) is 4.62. The highest BCUT2D eigenvalue weighted by Crippen LogP contribution is 2.13. The van der Waals surface area contributed by atoms with Crippen LogP contribution in [0.15, 0.2) is 36.5 Å². The van der Waals surface area contributed by atoms with Gasteiger partial charge in [0.15, 0.2) is 0 Å². The van der Waals surface area contributed by atoms with Crippen molar-refractivity contribution >= 4 is 11.8 Å². The van der Waals surface area contributed by atoms with Gasteiger partial charge in [0.25, 0.3) is 0 Å². The SMILES string of the molecule is O=C(O)c1cccc(-n2ccc([N+](=O)[O-])n2)c1. The minimum absolute atomic E-state index is 0.0978. The van der Waals surface area contributed by atoms with Crippen molar-refractivity contribution in [1.29, 1.82) is 0 Å². The molecular formula is C10H7N3O4. The number of aromatic carboxylic acids is 1. The van der Waals surface area contributed by atoms with E-state index in [1.807, 2.05) is 0 Å². The molecule has 17 heavy (non-hydrogen) atoms. The fourth-order valence-electron chi connectivity index (χ4n) is 1.34. The van der Waals surface area contributed by atoms with Crippen LogP contribution in [0, 0.1) is 10.1 Å². The van der Waals surface area contributed by atoms with Crippen molar-refractivity contribution in [2.24, 2.45) is 0 Å². The maximum Gasteiger partial charge on any atom is 0.390 e.